The van der Waals surface area contributed by atoms with E-state index in [0.717, 1.165) is 12.8 Å². The maximum atomic E-state index is 12.3. The normalized spacial score (nSPS) is 17.5. The van der Waals surface area contributed by atoms with Crippen molar-refractivity contribution in [3.05, 3.63) is 41.8 Å². The Morgan fingerprint density at radius 1 is 1.18 bits per heavy atom. The van der Waals surface area contributed by atoms with Crippen LogP contribution in [0.5, 0.6) is 0 Å². The number of carbonyl (C=O) groups is 2. The third-order valence-electron chi connectivity index (χ3n) is 5.16. The largest absolute Gasteiger partial charge is 0.447 e. The van der Waals surface area contributed by atoms with Crippen molar-refractivity contribution in [1.82, 2.24) is 19.7 Å². The summed E-state index contributed by atoms with van der Waals surface area (Å²) in [7, 11) is 1.67. The molecule has 2 aromatic heterocycles. The number of carbonyl (C=O) groups excluding carboxylic acids is 2. The van der Waals surface area contributed by atoms with Gasteiger partial charge in [0.2, 0.25) is 5.78 Å². The van der Waals surface area contributed by atoms with E-state index < -0.39 is 6.09 Å². The Morgan fingerprint density at radius 2 is 1.97 bits per heavy atom. The molecule has 10 nitrogen and oxygen atoms in total. The number of benzene rings is 1. The molecule has 3 amide bonds. The Kier molecular flexibility index (Phi) is 6.66. The number of ether oxygens (including phenoxy) is 2. The van der Waals surface area contributed by atoms with Crippen LogP contribution in [0.4, 0.5) is 21.0 Å². The molecule has 4 rings (SSSR count). The van der Waals surface area contributed by atoms with E-state index in [1.165, 1.54) is 6.20 Å². The van der Waals surface area contributed by atoms with Gasteiger partial charge in [-0.1, -0.05) is 11.6 Å². The first kappa shape index (κ1) is 22.8. The summed E-state index contributed by atoms with van der Waals surface area (Å²) in [4.78, 5) is 32.9. The molecule has 3 aromatic rings. The second kappa shape index (κ2) is 9.63. The van der Waals surface area contributed by atoms with Crippen LogP contribution >= 0.6 is 11.6 Å². The fraction of sp³-hybridized carbons (Fsp3) is 0.364. The molecule has 0 spiro atoms. The van der Waals surface area contributed by atoms with Crippen molar-refractivity contribution in [2.45, 2.75) is 44.9 Å². The predicted octanol–water partition coefficient (Wildman–Crippen LogP) is 4.31. The van der Waals surface area contributed by atoms with Gasteiger partial charge in [0.15, 0.2) is 0 Å². The first-order chi connectivity index (χ1) is 15.8. The maximum absolute atomic E-state index is 12.3. The van der Waals surface area contributed by atoms with Crippen molar-refractivity contribution < 1.29 is 19.1 Å². The quantitative estimate of drug-likeness (QED) is 0.492. The number of hydrogen-bond donors (Lipinski definition) is 3. The Labute approximate surface area is 195 Å². The number of methoxy groups -OCH3 is 1. The molecule has 1 fully saturated rings. The number of urea groups is 1. The summed E-state index contributed by atoms with van der Waals surface area (Å²) in [5.74, 6) is 0.428. The monoisotopic (exact) mass is 472 g/mol. The van der Waals surface area contributed by atoms with Gasteiger partial charge >= 0.3 is 12.1 Å². The molecule has 1 saturated carbocycles. The molecular formula is C22H25ClN6O4. The highest BCUT2D eigenvalue weighted by Gasteiger charge is 2.30. The van der Waals surface area contributed by atoms with Gasteiger partial charge < -0.3 is 20.1 Å². The zero-order valence-corrected chi connectivity index (χ0v) is 19.2. The number of anilines is 2. The van der Waals surface area contributed by atoms with E-state index in [1.54, 1.807) is 56.0 Å². The third-order valence-corrected chi connectivity index (χ3v) is 5.49. The van der Waals surface area contributed by atoms with E-state index in [2.05, 4.69) is 25.9 Å². The van der Waals surface area contributed by atoms with Crippen LogP contribution in [0.1, 0.15) is 26.7 Å². The van der Waals surface area contributed by atoms with E-state index in [0.29, 0.717) is 33.4 Å². The number of imidazole rings is 1. The fourth-order valence-electron chi connectivity index (χ4n) is 3.47. The minimum Gasteiger partial charge on any atom is -0.447 e. The number of amides is 3. The van der Waals surface area contributed by atoms with Gasteiger partial charge in [-0.15, -0.1) is 0 Å². The first-order valence-electron chi connectivity index (χ1n) is 10.5. The van der Waals surface area contributed by atoms with Crippen molar-refractivity contribution in [2.24, 2.45) is 0 Å². The van der Waals surface area contributed by atoms with Gasteiger partial charge in [-0.2, -0.15) is 0 Å². The van der Waals surface area contributed by atoms with Crippen LogP contribution in [0.15, 0.2) is 36.8 Å². The van der Waals surface area contributed by atoms with Crippen molar-refractivity contribution in [3.8, 4) is 11.3 Å². The Bertz CT molecular complexity index is 1170. The summed E-state index contributed by atoms with van der Waals surface area (Å²) in [5.41, 5.74) is 2.25. The first-order valence-corrected chi connectivity index (χ1v) is 10.9. The van der Waals surface area contributed by atoms with E-state index in [4.69, 9.17) is 21.1 Å². The van der Waals surface area contributed by atoms with Crippen LogP contribution in [0, 0.1) is 0 Å². The molecule has 1 aliphatic rings. The zero-order chi connectivity index (χ0) is 23.5. The molecule has 33 heavy (non-hydrogen) atoms. The standard InChI is InChI=1S/C22H25ClN6O4/c1-12(2)33-22(31)27-15-9-24-20-28-19(11-29(20)10-15)17-8-13(4-5-18(17)23)25-21(30)26-14-6-16(7-14)32-3/h4-5,8-12,14,16H,6-7H2,1-3H3,(H,27,31)(H2,25,26,30). The molecule has 0 aliphatic heterocycles. The molecule has 0 atom stereocenters. The number of nitrogens with zero attached hydrogens (tertiary/aromatic N) is 3. The van der Waals surface area contributed by atoms with Gasteiger partial charge in [-0.25, -0.2) is 19.6 Å². The molecule has 0 saturated heterocycles. The molecule has 0 unspecified atom stereocenters. The van der Waals surface area contributed by atoms with E-state index in [-0.39, 0.29) is 24.3 Å². The maximum Gasteiger partial charge on any atom is 0.411 e. The highest BCUT2D eigenvalue weighted by Crippen LogP contribution is 2.30. The highest BCUT2D eigenvalue weighted by atomic mass is 35.5. The molecule has 0 bridgehead atoms. The second-order valence-electron chi connectivity index (χ2n) is 8.07. The zero-order valence-electron chi connectivity index (χ0n) is 18.5. The molecule has 0 radical (unpaired) electrons. The van der Waals surface area contributed by atoms with Gasteiger partial charge in [0, 0.05) is 36.8 Å². The van der Waals surface area contributed by atoms with Crippen molar-refractivity contribution in [3.63, 3.8) is 0 Å². The molecule has 1 aliphatic carbocycles. The summed E-state index contributed by atoms with van der Waals surface area (Å²) in [6.45, 7) is 3.53. The molecule has 174 valence electrons. The Hall–Kier alpha value is -3.37. The number of fused-ring (bicyclic) bond motifs is 1. The number of halogens is 1. The van der Waals surface area contributed by atoms with Crippen LogP contribution in [0.25, 0.3) is 17.0 Å². The smallest absolute Gasteiger partial charge is 0.411 e. The van der Waals surface area contributed by atoms with Crippen LogP contribution in [-0.2, 0) is 9.47 Å². The average molecular weight is 473 g/mol. The van der Waals surface area contributed by atoms with Crippen LogP contribution in [-0.4, -0.2) is 51.9 Å². The van der Waals surface area contributed by atoms with Crippen LogP contribution in [0.2, 0.25) is 5.02 Å². The van der Waals surface area contributed by atoms with Gasteiger partial charge in [0.1, 0.15) is 0 Å². The lowest BCUT2D eigenvalue weighted by molar-refractivity contribution is 0.0210. The number of aromatic nitrogens is 3. The summed E-state index contributed by atoms with van der Waals surface area (Å²) in [6, 6.07) is 4.99. The summed E-state index contributed by atoms with van der Waals surface area (Å²) in [5, 5.41) is 8.85. The van der Waals surface area contributed by atoms with Gasteiger partial charge in [0.25, 0.3) is 0 Å². The third kappa shape index (κ3) is 5.52. The second-order valence-corrected chi connectivity index (χ2v) is 8.48. The number of hydrogen-bond acceptors (Lipinski definition) is 6. The fourth-order valence-corrected chi connectivity index (χ4v) is 3.68. The molecule has 11 heteroatoms. The lowest BCUT2D eigenvalue weighted by atomic mass is 9.89. The van der Waals surface area contributed by atoms with E-state index in [1.807, 2.05) is 0 Å². The minimum atomic E-state index is -0.564. The lowest BCUT2D eigenvalue weighted by Gasteiger charge is -2.34. The number of rotatable bonds is 6. The van der Waals surface area contributed by atoms with Crippen LogP contribution < -0.4 is 16.0 Å². The van der Waals surface area contributed by atoms with Gasteiger partial charge in [-0.3, -0.25) is 9.72 Å². The summed E-state index contributed by atoms with van der Waals surface area (Å²) >= 11 is 6.41. The predicted molar refractivity (Wildman–Crippen MR) is 125 cm³/mol. The number of nitrogens with one attached hydrogen (secondary N) is 3. The summed E-state index contributed by atoms with van der Waals surface area (Å²) in [6.07, 6.45) is 5.92. The lowest BCUT2D eigenvalue weighted by Crippen LogP contribution is -2.48. The van der Waals surface area contributed by atoms with Crippen molar-refractivity contribution in [1.29, 1.82) is 0 Å². The average Bonchev–Trinajstić information content (AvgIpc) is 3.14. The van der Waals surface area contributed by atoms with E-state index in [9.17, 15) is 9.59 Å². The molecule has 1 aromatic carbocycles. The molecular weight excluding hydrogens is 448 g/mol. The SMILES string of the molecule is COC1CC(NC(=O)Nc2ccc(Cl)c(-c3cn4cc(NC(=O)OC(C)C)cnc4n3)c2)C1. The van der Waals surface area contributed by atoms with Gasteiger partial charge in [-0.05, 0) is 44.9 Å². The van der Waals surface area contributed by atoms with Crippen molar-refractivity contribution in [2.75, 3.05) is 17.7 Å². The topological polar surface area (TPSA) is 119 Å². The summed E-state index contributed by atoms with van der Waals surface area (Å²) < 4.78 is 12.0. The molecule has 3 N–H and O–H groups in total. The van der Waals surface area contributed by atoms with Gasteiger partial charge in [0.05, 0.1) is 34.8 Å². The van der Waals surface area contributed by atoms with Crippen LogP contribution in [0.3, 0.4) is 0 Å². The Morgan fingerprint density at radius 3 is 2.70 bits per heavy atom. The highest BCUT2D eigenvalue weighted by molar-refractivity contribution is 6.33. The minimum absolute atomic E-state index is 0.104. The molecule has 2 heterocycles. The Balaban J connectivity index is 1.48. The van der Waals surface area contributed by atoms with Crippen molar-refractivity contribution >= 4 is 40.9 Å². The van der Waals surface area contributed by atoms with E-state index >= 15 is 0 Å².